The molecule has 1 amide bonds. The fourth-order valence-electron chi connectivity index (χ4n) is 4.07. The topological polar surface area (TPSA) is 70.5 Å². The van der Waals surface area contributed by atoms with Gasteiger partial charge in [-0.05, 0) is 30.4 Å². The highest BCUT2D eigenvalue weighted by Crippen LogP contribution is 2.37. The lowest BCUT2D eigenvalue weighted by molar-refractivity contribution is -0.141. The minimum absolute atomic E-state index is 0.204. The fraction of sp³-hybridized carbons (Fsp3) is 0.240. The maximum absolute atomic E-state index is 13.8. The summed E-state index contributed by atoms with van der Waals surface area (Å²) >= 11 is 7.70. The number of amides is 1. The zero-order valence-corrected chi connectivity index (χ0v) is 18.9. The monoisotopic (exact) mass is 466 g/mol. The van der Waals surface area contributed by atoms with Crippen LogP contribution >= 0.6 is 22.9 Å². The second-order valence-electron chi connectivity index (χ2n) is 7.70. The van der Waals surface area contributed by atoms with Gasteiger partial charge in [0.15, 0.2) is 5.13 Å². The van der Waals surface area contributed by atoms with Crippen LogP contribution in [0.25, 0.3) is 11.3 Å². The molecule has 3 aromatic rings. The van der Waals surface area contributed by atoms with Gasteiger partial charge in [-0.1, -0.05) is 72.3 Å². The van der Waals surface area contributed by atoms with E-state index in [9.17, 15) is 14.7 Å². The maximum atomic E-state index is 13.8. The summed E-state index contributed by atoms with van der Waals surface area (Å²) in [5.74, 6) is -2.10. The largest absolute Gasteiger partial charge is 0.481 e. The number of aliphatic carboxylic acids is 1. The predicted molar refractivity (Wildman–Crippen MR) is 128 cm³/mol. The van der Waals surface area contributed by atoms with Crippen molar-refractivity contribution < 1.29 is 14.7 Å². The molecule has 0 saturated carbocycles. The molecule has 0 bridgehead atoms. The molecule has 1 aliphatic rings. The van der Waals surface area contributed by atoms with Gasteiger partial charge < -0.3 is 5.11 Å². The van der Waals surface area contributed by atoms with Crippen molar-refractivity contribution in [1.29, 1.82) is 0 Å². The number of thiazole rings is 1. The first-order valence-electron chi connectivity index (χ1n) is 10.5. The molecule has 2 atom stereocenters. The first kappa shape index (κ1) is 22.2. The van der Waals surface area contributed by atoms with Crippen molar-refractivity contribution in [2.45, 2.75) is 25.2 Å². The Morgan fingerprint density at radius 1 is 1.12 bits per heavy atom. The Labute approximate surface area is 196 Å². The lowest BCUT2D eigenvalue weighted by Gasteiger charge is -2.29. The number of hydrogen-bond acceptors (Lipinski definition) is 4. The summed E-state index contributed by atoms with van der Waals surface area (Å²) in [6, 6.07) is 17.1. The molecule has 1 N–H and O–H groups in total. The molecule has 7 heteroatoms. The number of carbonyl (C=O) groups excluding carboxylic acids is 1. The fourth-order valence-corrected chi connectivity index (χ4v) is 5.16. The van der Waals surface area contributed by atoms with Crippen LogP contribution < -0.4 is 4.90 Å². The van der Waals surface area contributed by atoms with Crippen molar-refractivity contribution >= 4 is 39.9 Å². The van der Waals surface area contributed by atoms with Crippen molar-refractivity contribution in [3.8, 4) is 11.3 Å². The molecule has 2 unspecified atom stereocenters. The zero-order chi connectivity index (χ0) is 22.5. The van der Waals surface area contributed by atoms with Gasteiger partial charge in [-0.3, -0.25) is 14.5 Å². The van der Waals surface area contributed by atoms with E-state index in [0.29, 0.717) is 35.2 Å². The minimum Gasteiger partial charge on any atom is -0.481 e. The van der Waals surface area contributed by atoms with E-state index in [2.05, 4.69) is 12.2 Å². The van der Waals surface area contributed by atoms with Crippen LogP contribution in [0.4, 0.5) is 5.13 Å². The number of rotatable bonds is 5. The molecular weight excluding hydrogens is 444 g/mol. The molecule has 0 radical (unpaired) electrons. The number of nitrogens with zero attached hydrogens (tertiary/aromatic N) is 2. The third kappa shape index (κ3) is 4.92. The van der Waals surface area contributed by atoms with Crippen LogP contribution in [0.3, 0.4) is 0 Å². The third-order valence-corrected chi connectivity index (χ3v) is 6.83. The number of carboxylic acid groups (broad SMARTS) is 1. The van der Waals surface area contributed by atoms with Crippen LogP contribution in [-0.2, 0) is 9.59 Å². The Balaban J connectivity index is 1.71. The lowest BCUT2D eigenvalue weighted by Crippen LogP contribution is -2.40. The molecule has 2 heterocycles. The summed E-state index contributed by atoms with van der Waals surface area (Å²) in [5, 5.41) is 12.6. The van der Waals surface area contributed by atoms with E-state index in [1.54, 1.807) is 11.0 Å². The number of carbonyl (C=O) groups is 2. The first-order valence-corrected chi connectivity index (χ1v) is 11.7. The standard InChI is InChI=1S/C25H23ClN2O3S/c26-21-13-7-6-12-19(21)22-16-32-25(27-22)28-14-8-2-5-11-18(17-9-3-1-4-10-17)20(24(28)31)15-23(29)30/h1-7,9-10,12-13,16,18,20H,8,11,14-15H2,(H,29,30). The minimum atomic E-state index is -0.983. The van der Waals surface area contributed by atoms with E-state index in [1.807, 2.05) is 53.9 Å². The molecule has 0 fully saturated rings. The number of hydrogen-bond donors (Lipinski definition) is 1. The Hall–Kier alpha value is -2.96. The average Bonchev–Trinajstić information content (AvgIpc) is 3.29. The highest BCUT2D eigenvalue weighted by Gasteiger charge is 2.36. The Morgan fingerprint density at radius 2 is 1.88 bits per heavy atom. The molecule has 164 valence electrons. The van der Waals surface area contributed by atoms with Crippen molar-refractivity contribution in [1.82, 2.24) is 4.98 Å². The van der Waals surface area contributed by atoms with Crippen LogP contribution in [0.5, 0.6) is 0 Å². The molecule has 1 aromatic heterocycles. The molecular formula is C25H23ClN2O3S. The second-order valence-corrected chi connectivity index (χ2v) is 8.95. The highest BCUT2D eigenvalue weighted by molar-refractivity contribution is 7.14. The van der Waals surface area contributed by atoms with Crippen LogP contribution in [0.2, 0.25) is 5.02 Å². The number of benzene rings is 2. The summed E-state index contributed by atoms with van der Waals surface area (Å²) in [6.07, 6.45) is 5.17. The van der Waals surface area contributed by atoms with Crippen LogP contribution in [0.15, 0.2) is 72.1 Å². The Bertz CT molecular complexity index is 1130. The second kappa shape index (κ2) is 10.1. The maximum Gasteiger partial charge on any atom is 0.304 e. The van der Waals surface area contributed by atoms with Gasteiger partial charge >= 0.3 is 5.97 Å². The van der Waals surface area contributed by atoms with E-state index in [0.717, 1.165) is 11.1 Å². The van der Waals surface area contributed by atoms with E-state index >= 15 is 0 Å². The molecule has 5 nitrogen and oxygen atoms in total. The normalized spacial score (nSPS) is 19.3. The van der Waals surface area contributed by atoms with Gasteiger partial charge in [0.05, 0.1) is 18.0 Å². The van der Waals surface area contributed by atoms with Gasteiger partial charge in [0.25, 0.3) is 0 Å². The van der Waals surface area contributed by atoms with Crippen molar-refractivity contribution in [3.05, 3.63) is 82.7 Å². The van der Waals surface area contributed by atoms with Crippen LogP contribution in [0.1, 0.15) is 30.7 Å². The van der Waals surface area contributed by atoms with Crippen LogP contribution in [-0.4, -0.2) is 28.5 Å². The number of aromatic nitrogens is 1. The molecule has 0 saturated heterocycles. The third-order valence-electron chi connectivity index (χ3n) is 5.64. The summed E-state index contributed by atoms with van der Waals surface area (Å²) in [7, 11) is 0. The summed E-state index contributed by atoms with van der Waals surface area (Å²) in [6.45, 7) is 0.447. The molecule has 0 aliphatic carbocycles. The molecule has 2 aromatic carbocycles. The van der Waals surface area contributed by atoms with Gasteiger partial charge in [0.2, 0.25) is 5.91 Å². The van der Waals surface area contributed by atoms with Crippen molar-refractivity contribution in [3.63, 3.8) is 0 Å². The number of allylic oxidation sites excluding steroid dienone is 1. The van der Waals surface area contributed by atoms with E-state index in [-0.39, 0.29) is 18.2 Å². The summed E-state index contributed by atoms with van der Waals surface area (Å²) in [4.78, 5) is 31.8. The Morgan fingerprint density at radius 3 is 2.62 bits per heavy atom. The van der Waals surface area contributed by atoms with Gasteiger partial charge in [0.1, 0.15) is 0 Å². The van der Waals surface area contributed by atoms with Gasteiger partial charge in [-0.2, -0.15) is 0 Å². The lowest BCUT2D eigenvalue weighted by atomic mass is 9.81. The molecule has 32 heavy (non-hydrogen) atoms. The number of halogens is 1. The SMILES string of the molecule is O=C(O)CC1C(=O)N(c2nc(-c3ccccc3Cl)cs2)CCC=CCC1c1ccccc1. The zero-order valence-electron chi connectivity index (χ0n) is 17.4. The molecule has 0 spiro atoms. The van der Waals surface area contributed by atoms with Crippen molar-refractivity contribution in [2.24, 2.45) is 5.92 Å². The van der Waals surface area contributed by atoms with Crippen molar-refractivity contribution in [2.75, 3.05) is 11.4 Å². The van der Waals surface area contributed by atoms with Gasteiger partial charge in [-0.15, -0.1) is 11.3 Å². The summed E-state index contributed by atoms with van der Waals surface area (Å²) in [5.41, 5.74) is 2.47. The average molecular weight is 467 g/mol. The van der Waals surface area contributed by atoms with E-state index in [4.69, 9.17) is 16.6 Å². The van der Waals surface area contributed by atoms with E-state index < -0.39 is 11.9 Å². The quantitative estimate of drug-likeness (QED) is 0.466. The highest BCUT2D eigenvalue weighted by atomic mass is 35.5. The predicted octanol–water partition coefficient (Wildman–Crippen LogP) is 6.02. The summed E-state index contributed by atoms with van der Waals surface area (Å²) < 4.78 is 0. The van der Waals surface area contributed by atoms with E-state index in [1.165, 1.54) is 11.3 Å². The van der Waals surface area contributed by atoms with Gasteiger partial charge in [0, 0.05) is 22.5 Å². The first-order chi connectivity index (χ1) is 15.5. The number of carboxylic acids is 1. The van der Waals surface area contributed by atoms with Gasteiger partial charge in [-0.25, -0.2) is 4.98 Å². The molecule has 4 rings (SSSR count). The Kier molecular flexibility index (Phi) is 7.02. The van der Waals surface area contributed by atoms with Crippen LogP contribution in [0, 0.1) is 5.92 Å². The number of anilines is 1. The molecule has 1 aliphatic heterocycles. The smallest absolute Gasteiger partial charge is 0.304 e.